The van der Waals surface area contributed by atoms with Crippen LogP contribution in [0.2, 0.25) is 0 Å². The van der Waals surface area contributed by atoms with E-state index in [0.717, 1.165) is 6.54 Å². The fourth-order valence-electron chi connectivity index (χ4n) is 2.89. The van der Waals surface area contributed by atoms with E-state index in [9.17, 15) is 0 Å². The smallest absolute Gasteiger partial charge is 0.0363 e. The normalized spacial score (nSPS) is 28.4. The van der Waals surface area contributed by atoms with E-state index in [4.69, 9.17) is 5.73 Å². The Labute approximate surface area is 105 Å². The number of benzene rings is 1. The first-order valence-corrected chi connectivity index (χ1v) is 6.55. The summed E-state index contributed by atoms with van der Waals surface area (Å²) in [6.07, 6.45) is 3.71. The van der Waals surface area contributed by atoms with E-state index >= 15 is 0 Å². The maximum Gasteiger partial charge on any atom is 0.0363 e. The van der Waals surface area contributed by atoms with Gasteiger partial charge in [-0.1, -0.05) is 31.0 Å². The number of aryl methyl sites for hydroxylation is 1. The molecule has 2 atom stereocenters. The topological polar surface area (TPSA) is 29.3 Å². The zero-order chi connectivity index (χ0) is 12.5. The number of anilines is 1. The Morgan fingerprint density at radius 1 is 1.35 bits per heavy atom. The Morgan fingerprint density at radius 3 is 2.53 bits per heavy atom. The van der Waals surface area contributed by atoms with Gasteiger partial charge in [0.2, 0.25) is 0 Å². The second-order valence-electron chi connectivity index (χ2n) is 5.84. The van der Waals surface area contributed by atoms with E-state index in [2.05, 4.69) is 50.1 Å². The Balaban J connectivity index is 2.06. The van der Waals surface area contributed by atoms with Gasteiger partial charge >= 0.3 is 0 Å². The highest BCUT2D eigenvalue weighted by Crippen LogP contribution is 2.37. The molecule has 1 aliphatic rings. The predicted octanol–water partition coefficient (Wildman–Crippen LogP) is 2.95. The minimum Gasteiger partial charge on any atom is -0.374 e. The van der Waals surface area contributed by atoms with Crippen LogP contribution in [0.1, 0.15) is 31.7 Å². The predicted molar refractivity (Wildman–Crippen MR) is 74.4 cm³/mol. The molecule has 1 aromatic carbocycles. The third kappa shape index (κ3) is 2.63. The van der Waals surface area contributed by atoms with Crippen molar-refractivity contribution >= 4 is 5.69 Å². The average molecular weight is 232 g/mol. The van der Waals surface area contributed by atoms with Crippen molar-refractivity contribution in [2.75, 3.05) is 18.5 Å². The fraction of sp³-hybridized carbons (Fsp3) is 0.600. The minimum atomic E-state index is 0.277. The van der Waals surface area contributed by atoms with Crippen LogP contribution in [0.3, 0.4) is 0 Å². The molecule has 0 radical (unpaired) electrons. The maximum atomic E-state index is 6.24. The van der Waals surface area contributed by atoms with Crippen LogP contribution in [0.25, 0.3) is 0 Å². The number of nitrogens with two attached hydrogens (primary N) is 1. The van der Waals surface area contributed by atoms with Gasteiger partial charge in [-0.2, -0.15) is 0 Å². The van der Waals surface area contributed by atoms with Crippen molar-refractivity contribution in [1.29, 1.82) is 0 Å². The molecule has 1 saturated carbocycles. The third-order valence-electron chi connectivity index (χ3n) is 4.23. The molecule has 1 aromatic rings. The SMILES string of the molecule is Cc1ccc(N(C)CC2(C)CCCC2N)cc1. The zero-order valence-electron chi connectivity index (χ0n) is 11.2. The van der Waals surface area contributed by atoms with E-state index in [-0.39, 0.29) is 5.41 Å². The fourth-order valence-corrected chi connectivity index (χ4v) is 2.89. The zero-order valence-corrected chi connectivity index (χ0v) is 11.2. The summed E-state index contributed by atoms with van der Waals surface area (Å²) in [5.74, 6) is 0. The van der Waals surface area contributed by atoms with E-state index in [1.54, 1.807) is 0 Å². The molecular weight excluding hydrogens is 208 g/mol. The summed E-state index contributed by atoms with van der Waals surface area (Å²) in [5, 5.41) is 0. The molecular formula is C15H24N2. The van der Waals surface area contributed by atoms with Crippen molar-refractivity contribution in [2.45, 2.75) is 39.2 Å². The lowest BCUT2D eigenvalue weighted by Gasteiger charge is -2.34. The van der Waals surface area contributed by atoms with E-state index < -0.39 is 0 Å². The van der Waals surface area contributed by atoms with Crippen LogP contribution >= 0.6 is 0 Å². The standard InChI is InChI=1S/C15H24N2/c1-12-6-8-13(9-7-12)17(3)11-15(2)10-4-5-14(15)16/h6-9,14H,4-5,10-11,16H2,1-3H3. The third-order valence-corrected chi connectivity index (χ3v) is 4.23. The first-order chi connectivity index (χ1) is 8.01. The molecule has 0 spiro atoms. The van der Waals surface area contributed by atoms with Gasteiger partial charge in [-0.25, -0.2) is 0 Å². The maximum absolute atomic E-state index is 6.24. The minimum absolute atomic E-state index is 0.277. The van der Waals surface area contributed by atoms with Gasteiger partial charge in [-0.05, 0) is 31.9 Å². The van der Waals surface area contributed by atoms with Crippen molar-refractivity contribution in [3.05, 3.63) is 29.8 Å². The van der Waals surface area contributed by atoms with Crippen LogP contribution < -0.4 is 10.6 Å². The van der Waals surface area contributed by atoms with Gasteiger partial charge in [0.15, 0.2) is 0 Å². The quantitative estimate of drug-likeness (QED) is 0.868. The monoisotopic (exact) mass is 232 g/mol. The molecule has 2 heteroatoms. The number of nitrogens with zero attached hydrogens (tertiary/aromatic N) is 1. The lowest BCUT2D eigenvalue weighted by Crippen LogP contribution is -2.43. The van der Waals surface area contributed by atoms with Crippen molar-refractivity contribution in [3.63, 3.8) is 0 Å². The molecule has 0 aliphatic heterocycles. The summed E-state index contributed by atoms with van der Waals surface area (Å²) in [4.78, 5) is 2.34. The largest absolute Gasteiger partial charge is 0.374 e. The summed E-state index contributed by atoms with van der Waals surface area (Å²) < 4.78 is 0. The highest BCUT2D eigenvalue weighted by molar-refractivity contribution is 5.47. The summed E-state index contributed by atoms with van der Waals surface area (Å²) in [5.41, 5.74) is 9.11. The Kier molecular flexibility index (Phi) is 3.43. The molecule has 0 saturated heterocycles. The van der Waals surface area contributed by atoms with E-state index in [1.807, 2.05) is 0 Å². The van der Waals surface area contributed by atoms with Crippen molar-refractivity contribution in [3.8, 4) is 0 Å². The molecule has 0 amide bonds. The average Bonchev–Trinajstić information content (AvgIpc) is 2.60. The van der Waals surface area contributed by atoms with Gasteiger partial charge in [0.05, 0.1) is 0 Å². The second kappa shape index (κ2) is 4.69. The van der Waals surface area contributed by atoms with Crippen LogP contribution in [0, 0.1) is 12.3 Å². The molecule has 2 N–H and O–H groups in total. The molecule has 2 rings (SSSR count). The summed E-state index contributed by atoms with van der Waals surface area (Å²) in [6, 6.07) is 9.08. The van der Waals surface area contributed by atoms with E-state index in [0.29, 0.717) is 6.04 Å². The van der Waals surface area contributed by atoms with Crippen LogP contribution in [0.5, 0.6) is 0 Å². The lowest BCUT2D eigenvalue weighted by atomic mass is 9.84. The molecule has 2 nitrogen and oxygen atoms in total. The Bertz CT molecular complexity index is 371. The molecule has 1 fully saturated rings. The van der Waals surface area contributed by atoms with Crippen LogP contribution in [-0.2, 0) is 0 Å². The first-order valence-electron chi connectivity index (χ1n) is 6.55. The Hall–Kier alpha value is -1.02. The highest BCUT2D eigenvalue weighted by atomic mass is 15.1. The molecule has 0 heterocycles. The summed E-state index contributed by atoms with van der Waals surface area (Å²) in [7, 11) is 2.17. The van der Waals surface area contributed by atoms with Crippen molar-refractivity contribution in [2.24, 2.45) is 11.1 Å². The van der Waals surface area contributed by atoms with Crippen molar-refractivity contribution < 1.29 is 0 Å². The second-order valence-corrected chi connectivity index (χ2v) is 5.84. The number of hydrogen-bond donors (Lipinski definition) is 1. The first kappa shape index (κ1) is 12.4. The summed E-state index contributed by atoms with van der Waals surface area (Å²) >= 11 is 0. The van der Waals surface area contributed by atoms with Gasteiger partial charge < -0.3 is 10.6 Å². The number of rotatable bonds is 3. The number of hydrogen-bond acceptors (Lipinski definition) is 2. The molecule has 2 unspecified atom stereocenters. The Morgan fingerprint density at radius 2 is 2.00 bits per heavy atom. The molecule has 1 aliphatic carbocycles. The molecule has 0 aromatic heterocycles. The van der Waals surface area contributed by atoms with Crippen LogP contribution in [-0.4, -0.2) is 19.6 Å². The van der Waals surface area contributed by atoms with Crippen molar-refractivity contribution in [1.82, 2.24) is 0 Å². The van der Waals surface area contributed by atoms with Crippen LogP contribution in [0.4, 0.5) is 5.69 Å². The molecule has 0 bridgehead atoms. The van der Waals surface area contributed by atoms with Gasteiger partial charge in [-0.3, -0.25) is 0 Å². The van der Waals surface area contributed by atoms with Gasteiger partial charge in [0, 0.05) is 30.7 Å². The summed E-state index contributed by atoms with van der Waals surface area (Å²) in [6.45, 7) is 5.50. The van der Waals surface area contributed by atoms with Gasteiger partial charge in [0.25, 0.3) is 0 Å². The van der Waals surface area contributed by atoms with E-state index in [1.165, 1.54) is 30.5 Å². The highest BCUT2D eigenvalue weighted by Gasteiger charge is 2.37. The van der Waals surface area contributed by atoms with Gasteiger partial charge in [-0.15, -0.1) is 0 Å². The lowest BCUT2D eigenvalue weighted by molar-refractivity contribution is 0.301. The van der Waals surface area contributed by atoms with Gasteiger partial charge in [0.1, 0.15) is 0 Å². The molecule has 17 heavy (non-hydrogen) atoms. The molecule has 94 valence electrons. The van der Waals surface area contributed by atoms with Crippen LogP contribution in [0.15, 0.2) is 24.3 Å².